The van der Waals surface area contributed by atoms with Crippen molar-refractivity contribution in [2.75, 3.05) is 11.4 Å². The zero-order valence-electron chi connectivity index (χ0n) is 11.2. The highest BCUT2D eigenvalue weighted by atomic mass is 32.1. The van der Waals surface area contributed by atoms with Crippen LogP contribution in [0.15, 0.2) is 30.3 Å². The Balaban J connectivity index is 1.94. The summed E-state index contributed by atoms with van der Waals surface area (Å²) in [7, 11) is 0. The van der Waals surface area contributed by atoms with E-state index in [0.717, 1.165) is 21.3 Å². The lowest BCUT2D eigenvalue weighted by Crippen LogP contribution is -2.24. The number of aromatic nitrogens is 1. The summed E-state index contributed by atoms with van der Waals surface area (Å²) >= 11 is 1.55. The maximum Gasteiger partial charge on any atom is 0.230 e. The number of benzene rings is 1. The van der Waals surface area contributed by atoms with Crippen LogP contribution in [0.2, 0.25) is 0 Å². The number of nitrogens with zero attached hydrogens (tertiary/aromatic N) is 2. The molecule has 1 aliphatic rings. The predicted molar refractivity (Wildman–Crippen MR) is 81.6 cm³/mol. The average molecular weight is 282 g/mol. The van der Waals surface area contributed by atoms with Gasteiger partial charge in [0.2, 0.25) is 5.91 Å². The summed E-state index contributed by atoms with van der Waals surface area (Å²) in [6.45, 7) is 2.61. The van der Waals surface area contributed by atoms with E-state index in [1.165, 1.54) is 0 Å². The van der Waals surface area contributed by atoms with E-state index in [1.807, 2.05) is 37.3 Å². The molecule has 1 amide bonds. The van der Waals surface area contributed by atoms with Crippen molar-refractivity contribution in [1.82, 2.24) is 4.98 Å². The van der Waals surface area contributed by atoms with Crippen molar-refractivity contribution in [2.45, 2.75) is 13.3 Å². The molecular weight excluding hydrogens is 268 g/mol. The van der Waals surface area contributed by atoms with E-state index < -0.39 is 0 Å². The zero-order valence-corrected chi connectivity index (χ0v) is 12.0. The van der Waals surface area contributed by atoms with E-state index in [2.05, 4.69) is 10.9 Å². The molecule has 0 aliphatic carbocycles. The minimum absolute atomic E-state index is 0.00637. The second-order valence-corrected chi connectivity index (χ2v) is 6.02. The number of terminal acetylenes is 1. The van der Waals surface area contributed by atoms with Crippen LogP contribution < -0.4 is 4.90 Å². The number of anilines is 1. The van der Waals surface area contributed by atoms with Crippen molar-refractivity contribution in [3.63, 3.8) is 0 Å². The highest BCUT2D eigenvalue weighted by molar-refractivity contribution is 7.16. The minimum Gasteiger partial charge on any atom is -0.287 e. The monoisotopic (exact) mass is 282 g/mol. The third-order valence-electron chi connectivity index (χ3n) is 3.42. The molecule has 1 fully saturated rings. The molecule has 2 aromatic rings. The summed E-state index contributed by atoms with van der Waals surface area (Å²) in [5.41, 5.74) is 2.02. The molecule has 1 aromatic heterocycles. The van der Waals surface area contributed by atoms with Crippen LogP contribution in [-0.2, 0) is 4.79 Å². The third-order valence-corrected chi connectivity index (χ3v) is 4.42. The molecular formula is C16H14N2OS. The molecule has 0 spiro atoms. The standard InChI is InChI=1S/C16H14N2OS/c1-3-12-9-14(19)18(10-12)16-17-15(11(2)20-16)13-7-5-4-6-8-13/h1,4-8,12H,9-10H2,2H3. The molecule has 100 valence electrons. The lowest BCUT2D eigenvalue weighted by Gasteiger charge is -2.10. The van der Waals surface area contributed by atoms with Gasteiger partial charge in [-0.25, -0.2) is 4.98 Å². The van der Waals surface area contributed by atoms with Crippen molar-refractivity contribution in [2.24, 2.45) is 5.92 Å². The van der Waals surface area contributed by atoms with E-state index in [-0.39, 0.29) is 11.8 Å². The Bertz CT molecular complexity index is 684. The van der Waals surface area contributed by atoms with E-state index >= 15 is 0 Å². The third kappa shape index (κ3) is 2.21. The molecule has 3 nitrogen and oxygen atoms in total. The Morgan fingerprint density at radius 2 is 2.15 bits per heavy atom. The summed E-state index contributed by atoms with van der Waals surface area (Å²) in [4.78, 5) is 19.5. The van der Waals surface area contributed by atoms with Gasteiger partial charge in [0, 0.05) is 29.3 Å². The molecule has 4 heteroatoms. The number of rotatable bonds is 2. The van der Waals surface area contributed by atoms with Gasteiger partial charge in [0.05, 0.1) is 5.69 Å². The fourth-order valence-corrected chi connectivity index (χ4v) is 3.32. The van der Waals surface area contributed by atoms with Gasteiger partial charge < -0.3 is 0 Å². The largest absolute Gasteiger partial charge is 0.287 e. The molecule has 20 heavy (non-hydrogen) atoms. The first-order valence-corrected chi connectivity index (χ1v) is 7.30. The number of carbonyl (C=O) groups excluding carboxylic acids is 1. The van der Waals surface area contributed by atoms with Gasteiger partial charge in [0.25, 0.3) is 0 Å². The van der Waals surface area contributed by atoms with Gasteiger partial charge in [0.1, 0.15) is 0 Å². The Morgan fingerprint density at radius 3 is 2.80 bits per heavy atom. The van der Waals surface area contributed by atoms with Crippen LogP contribution in [0.25, 0.3) is 11.3 Å². The van der Waals surface area contributed by atoms with Gasteiger partial charge >= 0.3 is 0 Å². The maximum absolute atomic E-state index is 12.0. The van der Waals surface area contributed by atoms with Crippen molar-refractivity contribution >= 4 is 22.4 Å². The molecule has 0 radical (unpaired) electrons. The minimum atomic E-state index is 0.00637. The molecule has 3 rings (SSSR count). The fraction of sp³-hybridized carbons (Fsp3) is 0.250. The highest BCUT2D eigenvalue weighted by Crippen LogP contribution is 2.34. The van der Waals surface area contributed by atoms with E-state index in [0.29, 0.717) is 13.0 Å². The van der Waals surface area contributed by atoms with Gasteiger partial charge in [-0.1, -0.05) is 30.3 Å². The molecule has 2 heterocycles. The van der Waals surface area contributed by atoms with Gasteiger partial charge in [-0.3, -0.25) is 9.69 Å². The maximum atomic E-state index is 12.0. The van der Waals surface area contributed by atoms with Gasteiger partial charge in [-0.15, -0.1) is 23.7 Å². The van der Waals surface area contributed by atoms with E-state index in [4.69, 9.17) is 6.42 Å². The number of hydrogen-bond donors (Lipinski definition) is 0. The van der Waals surface area contributed by atoms with E-state index in [9.17, 15) is 4.79 Å². The van der Waals surface area contributed by atoms with Crippen molar-refractivity contribution in [3.8, 4) is 23.6 Å². The Labute approximate surface area is 122 Å². The molecule has 1 aliphatic heterocycles. The Morgan fingerprint density at radius 1 is 1.40 bits per heavy atom. The smallest absolute Gasteiger partial charge is 0.230 e. The Hall–Kier alpha value is -2.12. The van der Waals surface area contributed by atoms with Crippen LogP contribution in [0.1, 0.15) is 11.3 Å². The molecule has 0 bridgehead atoms. The molecule has 1 unspecified atom stereocenters. The number of aryl methyl sites for hydroxylation is 1. The molecule has 0 N–H and O–H groups in total. The topological polar surface area (TPSA) is 33.2 Å². The summed E-state index contributed by atoms with van der Waals surface area (Å²) in [6.07, 6.45) is 5.84. The highest BCUT2D eigenvalue weighted by Gasteiger charge is 2.31. The van der Waals surface area contributed by atoms with Crippen LogP contribution in [0, 0.1) is 25.2 Å². The van der Waals surface area contributed by atoms with Gasteiger partial charge in [-0.05, 0) is 6.92 Å². The number of carbonyl (C=O) groups is 1. The SMILES string of the molecule is C#CC1CC(=O)N(c2nc(-c3ccccc3)c(C)s2)C1. The molecule has 1 aromatic carbocycles. The quantitative estimate of drug-likeness (QED) is 0.793. The first-order valence-electron chi connectivity index (χ1n) is 6.48. The van der Waals surface area contributed by atoms with Crippen LogP contribution in [0.4, 0.5) is 5.13 Å². The first-order chi connectivity index (χ1) is 9.69. The van der Waals surface area contributed by atoms with Crippen molar-refractivity contribution in [3.05, 3.63) is 35.2 Å². The second kappa shape index (κ2) is 5.10. The van der Waals surface area contributed by atoms with Crippen LogP contribution in [0.5, 0.6) is 0 Å². The average Bonchev–Trinajstić information content (AvgIpc) is 3.02. The van der Waals surface area contributed by atoms with Gasteiger partial charge in [-0.2, -0.15) is 0 Å². The van der Waals surface area contributed by atoms with Gasteiger partial charge in [0.15, 0.2) is 5.13 Å². The lowest BCUT2D eigenvalue weighted by atomic mass is 10.1. The Kier molecular flexibility index (Phi) is 3.29. The fourth-order valence-electron chi connectivity index (χ4n) is 2.37. The van der Waals surface area contributed by atoms with Crippen LogP contribution in [0.3, 0.4) is 0 Å². The summed E-state index contributed by atoms with van der Waals surface area (Å²) in [5, 5.41) is 0.754. The van der Waals surface area contributed by atoms with Crippen molar-refractivity contribution in [1.29, 1.82) is 0 Å². The normalized spacial score (nSPS) is 18.3. The number of thiazole rings is 1. The van der Waals surface area contributed by atoms with Crippen LogP contribution >= 0.6 is 11.3 Å². The summed E-state index contributed by atoms with van der Waals surface area (Å²) < 4.78 is 0. The van der Waals surface area contributed by atoms with E-state index in [1.54, 1.807) is 16.2 Å². The first kappa shape index (κ1) is 12.9. The lowest BCUT2D eigenvalue weighted by molar-refractivity contribution is -0.117. The van der Waals surface area contributed by atoms with Crippen molar-refractivity contribution < 1.29 is 4.79 Å². The molecule has 0 saturated carbocycles. The van der Waals surface area contributed by atoms with Crippen LogP contribution in [-0.4, -0.2) is 17.4 Å². The summed E-state index contributed by atoms with van der Waals surface area (Å²) in [5.74, 6) is 2.74. The molecule has 1 atom stereocenters. The summed E-state index contributed by atoms with van der Waals surface area (Å²) in [6, 6.07) is 10.0. The molecule has 1 saturated heterocycles. The predicted octanol–water partition coefficient (Wildman–Crippen LogP) is 3.10. The number of amides is 1. The zero-order chi connectivity index (χ0) is 14.1. The second-order valence-electron chi connectivity index (χ2n) is 4.84. The number of hydrogen-bond acceptors (Lipinski definition) is 3.